The Hall–Kier alpha value is -1.75. The second kappa shape index (κ2) is 5.09. The van der Waals surface area contributed by atoms with Gasteiger partial charge in [-0.2, -0.15) is 0 Å². The Balaban J connectivity index is 1.71. The number of carbonyl (C=O) groups is 1. The highest BCUT2D eigenvalue weighted by molar-refractivity contribution is 5.76. The molecule has 0 aliphatic carbocycles. The van der Waals surface area contributed by atoms with Crippen LogP contribution < -0.4 is 15.2 Å². The first-order valence-corrected chi connectivity index (χ1v) is 6.64. The summed E-state index contributed by atoms with van der Waals surface area (Å²) < 4.78 is 10.6. The van der Waals surface area contributed by atoms with Crippen LogP contribution in [0.25, 0.3) is 0 Å². The number of carbonyl (C=O) groups excluding carboxylic acids is 1. The second-order valence-corrected chi connectivity index (χ2v) is 5.09. The lowest BCUT2D eigenvalue weighted by molar-refractivity contribution is -0.131. The van der Waals surface area contributed by atoms with Gasteiger partial charge in [-0.15, -0.1) is 0 Å². The summed E-state index contributed by atoms with van der Waals surface area (Å²) in [7, 11) is 0. The number of likely N-dealkylation sites (tertiary alicyclic amines) is 1. The van der Waals surface area contributed by atoms with Crippen molar-refractivity contribution in [1.82, 2.24) is 4.90 Å². The molecule has 1 fully saturated rings. The van der Waals surface area contributed by atoms with Crippen molar-refractivity contribution in [2.75, 3.05) is 13.3 Å². The molecule has 2 aliphatic heterocycles. The van der Waals surface area contributed by atoms with E-state index in [2.05, 4.69) is 0 Å². The first-order chi connectivity index (χ1) is 9.22. The van der Waals surface area contributed by atoms with Gasteiger partial charge in [-0.25, -0.2) is 0 Å². The SMILES string of the molecule is NC1CCC(=O)N(Cc2ccc3c(c2)OCO3)CC1. The fraction of sp³-hybridized carbons (Fsp3) is 0.500. The van der Waals surface area contributed by atoms with Crippen molar-refractivity contribution in [2.45, 2.75) is 31.8 Å². The minimum atomic E-state index is 0.144. The molecule has 3 rings (SSSR count). The molecule has 0 saturated carbocycles. The van der Waals surface area contributed by atoms with Crippen molar-refractivity contribution < 1.29 is 14.3 Å². The number of ether oxygens (including phenoxy) is 2. The average Bonchev–Trinajstić information content (AvgIpc) is 2.81. The maximum Gasteiger partial charge on any atom is 0.231 e. The van der Waals surface area contributed by atoms with E-state index >= 15 is 0 Å². The molecule has 1 aromatic carbocycles. The number of nitrogens with two attached hydrogens (primary N) is 1. The van der Waals surface area contributed by atoms with Crippen LogP contribution in [0.15, 0.2) is 18.2 Å². The van der Waals surface area contributed by atoms with Crippen LogP contribution in [0.1, 0.15) is 24.8 Å². The summed E-state index contributed by atoms with van der Waals surface area (Å²) in [6.45, 7) is 1.62. The van der Waals surface area contributed by atoms with E-state index in [1.165, 1.54) is 0 Å². The molecule has 1 amide bonds. The first-order valence-electron chi connectivity index (χ1n) is 6.64. The van der Waals surface area contributed by atoms with Crippen molar-refractivity contribution >= 4 is 5.91 Å². The van der Waals surface area contributed by atoms with Gasteiger partial charge in [0.05, 0.1) is 0 Å². The Labute approximate surface area is 112 Å². The summed E-state index contributed by atoms with van der Waals surface area (Å²) >= 11 is 0. The van der Waals surface area contributed by atoms with E-state index in [1.54, 1.807) is 0 Å². The van der Waals surface area contributed by atoms with Gasteiger partial charge in [-0.3, -0.25) is 4.79 Å². The molecule has 2 N–H and O–H groups in total. The third-order valence-corrected chi connectivity index (χ3v) is 3.66. The molecular formula is C14H18N2O3. The first kappa shape index (κ1) is 12.3. The van der Waals surface area contributed by atoms with Gasteiger partial charge in [-0.1, -0.05) is 6.07 Å². The minimum Gasteiger partial charge on any atom is -0.454 e. The van der Waals surface area contributed by atoms with E-state index < -0.39 is 0 Å². The largest absolute Gasteiger partial charge is 0.454 e. The molecule has 5 nitrogen and oxygen atoms in total. The van der Waals surface area contributed by atoms with Gasteiger partial charge >= 0.3 is 0 Å². The van der Waals surface area contributed by atoms with Crippen LogP contribution in [-0.4, -0.2) is 30.2 Å². The highest BCUT2D eigenvalue weighted by Crippen LogP contribution is 2.33. The van der Waals surface area contributed by atoms with Crippen LogP contribution in [0.5, 0.6) is 11.5 Å². The molecule has 102 valence electrons. The Kier molecular flexibility index (Phi) is 3.29. The summed E-state index contributed by atoms with van der Waals surface area (Å²) in [5.41, 5.74) is 6.97. The summed E-state index contributed by atoms with van der Waals surface area (Å²) in [5.74, 6) is 1.72. The van der Waals surface area contributed by atoms with Gasteiger partial charge in [0.15, 0.2) is 11.5 Å². The fourth-order valence-electron chi connectivity index (χ4n) is 2.48. The third-order valence-electron chi connectivity index (χ3n) is 3.66. The molecule has 1 aromatic rings. The number of hydrogen-bond acceptors (Lipinski definition) is 4. The van der Waals surface area contributed by atoms with Crippen LogP contribution in [0.4, 0.5) is 0 Å². The lowest BCUT2D eigenvalue weighted by Gasteiger charge is -2.20. The van der Waals surface area contributed by atoms with E-state index in [4.69, 9.17) is 15.2 Å². The molecule has 2 heterocycles. The maximum absolute atomic E-state index is 12.0. The van der Waals surface area contributed by atoms with Crippen molar-refractivity contribution in [3.63, 3.8) is 0 Å². The third kappa shape index (κ3) is 2.66. The van der Waals surface area contributed by atoms with Gasteiger partial charge in [-0.05, 0) is 30.5 Å². The lowest BCUT2D eigenvalue weighted by Crippen LogP contribution is -2.30. The number of rotatable bonds is 2. The lowest BCUT2D eigenvalue weighted by atomic mass is 10.1. The molecule has 1 unspecified atom stereocenters. The summed E-state index contributed by atoms with van der Waals surface area (Å²) in [5, 5.41) is 0. The minimum absolute atomic E-state index is 0.144. The van der Waals surface area contributed by atoms with Crippen molar-refractivity contribution in [3.8, 4) is 11.5 Å². The molecule has 19 heavy (non-hydrogen) atoms. The fourth-order valence-corrected chi connectivity index (χ4v) is 2.48. The zero-order chi connectivity index (χ0) is 13.2. The Bertz CT molecular complexity index is 490. The summed E-state index contributed by atoms with van der Waals surface area (Å²) in [6, 6.07) is 5.96. The molecular weight excluding hydrogens is 244 g/mol. The number of amides is 1. The van der Waals surface area contributed by atoms with Crippen molar-refractivity contribution in [1.29, 1.82) is 0 Å². The monoisotopic (exact) mass is 262 g/mol. The number of benzene rings is 1. The smallest absolute Gasteiger partial charge is 0.231 e. The second-order valence-electron chi connectivity index (χ2n) is 5.09. The predicted octanol–water partition coefficient (Wildman–Crippen LogP) is 1.26. The zero-order valence-electron chi connectivity index (χ0n) is 10.8. The van der Waals surface area contributed by atoms with Crippen LogP contribution in [0.3, 0.4) is 0 Å². The van der Waals surface area contributed by atoms with E-state index in [9.17, 15) is 4.79 Å². The topological polar surface area (TPSA) is 64.8 Å². The average molecular weight is 262 g/mol. The normalized spacial score (nSPS) is 22.5. The van der Waals surface area contributed by atoms with Crippen molar-refractivity contribution in [2.24, 2.45) is 5.73 Å². The Morgan fingerprint density at radius 2 is 2.11 bits per heavy atom. The van der Waals surface area contributed by atoms with Crippen LogP contribution >= 0.6 is 0 Å². The van der Waals surface area contributed by atoms with Gasteiger partial charge in [0, 0.05) is 25.6 Å². The summed E-state index contributed by atoms with van der Waals surface area (Å²) in [4.78, 5) is 13.9. The van der Waals surface area contributed by atoms with E-state index in [0.717, 1.165) is 36.4 Å². The molecule has 2 aliphatic rings. The Morgan fingerprint density at radius 1 is 1.26 bits per heavy atom. The summed E-state index contributed by atoms with van der Waals surface area (Å²) in [6.07, 6.45) is 2.21. The molecule has 1 saturated heterocycles. The molecule has 0 bridgehead atoms. The van der Waals surface area contributed by atoms with Crippen LogP contribution in [0.2, 0.25) is 0 Å². The molecule has 0 spiro atoms. The molecule has 1 atom stereocenters. The van der Waals surface area contributed by atoms with Crippen LogP contribution in [-0.2, 0) is 11.3 Å². The number of nitrogens with zero attached hydrogens (tertiary/aromatic N) is 1. The van der Waals surface area contributed by atoms with E-state index in [0.29, 0.717) is 13.0 Å². The quantitative estimate of drug-likeness (QED) is 0.871. The van der Waals surface area contributed by atoms with Gasteiger partial charge < -0.3 is 20.1 Å². The molecule has 0 aromatic heterocycles. The Morgan fingerprint density at radius 3 is 3.00 bits per heavy atom. The molecule has 5 heteroatoms. The standard InChI is InChI=1S/C14H18N2O3/c15-11-2-4-14(17)16(6-5-11)8-10-1-3-12-13(7-10)19-9-18-12/h1,3,7,11H,2,4-6,8-9,15H2. The van der Waals surface area contributed by atoms with Gasteiger partial charge in [0.1, 0.15) is 0 Å². The maximum atomic E-state index is 12.0. The highest BCUT2D eigenvalue weighted by Gasteiger charge is 2.21. The predicted molar refractivity (Wildman–Crippen MR) is 69.8 cm³/mol. The number of hydrogen-bond donors (Lipinski definition) is 1. The molecule has 0 radical (unpaired) electrons. The van der Waals surface area contributed by atoms with E-state index in [1.807, 2.05) is 23.1 Å². The van der Waals surface area contributed by atoms with Crippen LogP contribution in [0, 0.1) is 0 Å². The number of fused-ring (bicyclic) bond motifs is 1. The van der Waals surface area contributed by atoms with E-state index in [-0.39, 0.29) is 18.7 Å². The van der Waals surface area contributed by atoms with Gasteiger partial charge in [0.25, 0.3) is 0 Å². The zero-order valence-corrected chi connectivity index (χ0v) is 10.8. The van der Waals surface area contributed by atoms with Gasteiger partial charge in [0.2, 0.25) is 12.7 Å². The highest BCUT2D eigenvalue weighted by atomic mass is 16.7. The van der Waals surface area contributed by atoms with Crippen molar-refractivity contribution in [3.05, 3.63) is 23.8 Å².